The second-order valence-corrected chi connectivity index (χ2v) is 4.71. The average molecular weight is 284 g/mol. The van der Waals surface area contributed by atoms with Crippen molar-refractivity contribution in [2.45, 2.75) is 20.4 Å². The molecule has 1 amide bonds. The molecule has 0 atom stereocenters. The Morgan fingerprint density at radius 2 is 2.11 bits per heavy atom. The Labute approximate surface area is 120 Å². The lowest BCUT2D eigenvalue weighted by molar-refractivity contribution is -0.119. The summed E-state index contributed by atoms with van der Waals surface area (Å²) in [5.74, 6) is 0.0368. The van der Waals surface area contributed by atoms with E-state index < -0.39 is 0 Å². The third-order valence-corrected chi connectivity index (χ3v) is 3.07. The number of nitrogens with zero attached hydrogens (tertiary/aromatic N) is 1. The van der Waals surface area contributed by atoms with Gasteiger partial charge in [0.15, 0.2) is 0 Å². The Balaban J connectivity index is 2.93. The number of carbonyl (C=O) groups excluding carboxylic acids is 1. The van der Waals surface area contributed by atoms with Crippen LogP contribution in [-0.4, -0.2) is 32.6 Å². The van der Waals surface area contributed by atoms with Gasteiger partial charge in [-0.15, -0.1) is 0 Å². The highest BCUT2D eigenvalue weighted by Gasteiger charge is 2.13. The molecule has 4 nitrogen and oxygen atoms in total. The van der Waals surface area contributed by atoms with E-state index in [1.165, 1.54) is 0 Å². The van der Waals surface area contributed by atoms with Crippen molar-refractivity contribution in [2.75, 3.05) is 31.6 Å². The molecule has 0 aromatic heterocycles. The van der Waals surface area contributed by atoms with Gasteiger partial charge in [-0.2, -0.15) is 0 Å². The molecule has 1 aromatic rings. The standard InChI is InChI=1S/C14H22ClN3O/c1-4-17-14(19)10-18(5-2)13-7-6-12(15)8-11(13)9-16-3/h6-8,16H,4-5,9-10H2,1-3H3,(H,17,19). The zero-order valence-electron chi connectivity index (χ0n) is 11.8. The minimum atomic E-state index is 0.0368. The maximum Gasteiger partial charge on any atom is 0.239 e. The smallest absolute Gasteiger partial charge is 0.239 e. The number of likely N-dealkylation sites (N-methyl/N-ethyl adjacent to an activating group) is 2. The zero-order chi connectivity index (χ0) is 14.3. The number of hydrogen-bond donors (Lipinski definition) is 2. The Hall–Kier alpha value is -1.26. The third-order valence-electron chi connectivity index (χ3n) is 2.84. The summed E-state index contributed by atoms with van der Waals surface area (Å²) < 4.78 is 0. The van der Waals surface area contributed by atoms with E-state index in [4.69, 9.17) is 11.6 Å². The zero-order valence-corrected chi connectivity index (χ0v) is 12.5. The van der Waals surface area contributed by atoms with Crippen LogP contribution in [0.3, 0.4) is 0 Å². The Morgan fingerprint density at radius 3 is 2.68 bits per heavy atom. The summed E-state index contributed by atoms with van der Waals surface area (Å²) >= 11 is 6.03. The van der Waals surface area contributed by atoms with Crippen LogP contribution in [0.1, 0.15) is 19.4 Å². The second-order valence-electron chi connectivity index (χ2n) is 4.27. The summed E-state index contributed by atoms with van der Waals surface area (Å²) in [6.45, 7) is 6.47. The molecule has 0 aliphatic rings. The molecular formula is C14H22ClN3O. The van der Waals surface area contributed by atoms with Gasteiger partial charge in [-0.05, 0) is 44.7 Å². The molecule has 0 fully saturated rings. The lowest BCUT2D eigenvalue weighted by Gasteiger charge is -2.25. The van der Waals surface area contributed by atoms with Gasteiger partial charge in [-0.3, -0.25) is 4.79 Å². The molecule has 0 aliphatic carbocycles. The highest BCUT2D eigenvalue weighted by atomic mass is 35.5. The van der Waals surface area contributed by atoms with Gasteiger partial charge in [0.1, 0.15) is 0 Å². The first-order valence-corrected chi connectivity index (χ1v) is 6.94. The first-order valence-electron chi connectivity index (χ1n) is 6.57. The number of amides is 1. The summed E-state index contributed by atoms with van der Waals surface area (Å²) in [5.41, 5.74) is 2.15. The normalized spacial score (nSPS) is 10.3. The van der Waals surface area contributed by atoms with Crippen molar-refractivity contribution < 1.29 is 4.79 Å². The van der Waals surface area contributed by atoms with E-state index >= 15 is 0 Å². The molecule has 0 unspecified atom stereocenters. The number of halogens is 1. The quantitative estimate of drug-likeness (QED) is 0.805. The van der Waals surface area contributed by atoms with Gasteiger partial charge in [0.2, 0.25) is 5.91 Å². The molecule has 1 rings (SSSR count). The van der Waals surface area contributed by atoms with Crippen LogP contribution in [0.5, 0.6) is 0 Å². The molecule has 0 heterocycles. The summed E-state index contributed by atoms with van der Waals surface area (Å²) in [6.07, 6.45) is 0. The van der Waals surface area contributed by atoms with Crippen LogP contribution in [0.15, 0.2) is 18.2 Å². The topological polar surface area (TPSA) is 44.4 Å². The van der Waals surface area contributed by atoms with Crippen molar-refractivity contribution >= 4 is 23.2 Å². The molecular weight excluding hydrogens is 262 g/mol. The number of carbonyl (C=O) groups is 1. The summed E-state index contributed by atoms with van der Waals surface area (Å²) in [7, 11) is 1.89. The number of anilines is 1. The predicted molar refractivity (Wildman–Crippen MR) is 80.8 cm³/mol. The molecule has 1 aromatic carbocycles. The summed E-state index contributed by atoms with van der Waals surface area (Å²) in [6, 6.07) is 5.77. The van der Waals surface area contributed by atoms with Gasteiger partial charge in [-0.25, -0.2) is 0 Å². The van der Waals surface area contributed by atoms with E-state index in [1.54, 1.807) is 0 Å². The Kier molecular flexibility index (Phi) is 6.67. The molecule has 2 N–H and O–H groups in total. The molecule has 0 spiro atoms. The van der Waals surface area contributed by atoms with Gasteiger partial charge < -0.3 is 15.5 Å². The number of rotatable bonds is 7. The lowest BCUT2D eigenvalue weighted by Crippen LogP contribution is -2.37. The van der Waals surface area contributed by atoms with E-state index in [2.05, 4.69) is 10.6 Å². The Bertz CT molecular complexity index is 423. The summed E-state index contributed by atoms with van der Waals surface area (Å²) in [4.78, 5) is 13.8. The lowest BCUT2D eigenvalue weighted by atomic mass is 10.1. The van der Waals surface area contributed by atoms with Crippen molar-refractivity contribution in [3.63, 3.8) is 0 Å². The predicted octanol–water partition coefficient (Wildman–Crippen LogP) is 2.02. The fraction of sp³-hybridized carbons (Fsp3) is 0.500. The van der Waals surface area contributed by atoms with Crippen LogP contribution in [-0.2, 0) is 11.3 Å². The van der Waals surface area contributed by atoms with Crippen molar-refractivity contribution in [1.82, 2.24) is 10.6 Å². The minimum Gasteiger partial charge on any atom is -0.362 e. The van der Waals surface area contributed by atoms with Crippen LogP contribution in [0.2, 0.25) is 5.02 Å². The molecule has 19 heavy (non-hydrogen) atoms. The SMILES string of the molecule is CCNC(=O)CN(CC)c1ccc(Cl)cc1CNC. The van der Waals surface area contributed by atoms with E-state index in [1.807, 2.05) is 44.0 Å². The van der Waals surface area contributed by atoms with Crippen molar-refractivity contribution in [2.24, 2.45) is 0 Å². The van der Waals surface area contributed by atoms with Gasteiger partial charge in [0.05, 0.1) is 6.54 Å². The number of benzene rings is 1. The molecule has 106 valence electrons. The number of nitrogens with one attached hydrogen (secondary N) is 2. The maximum atomic E-state index is 11.7. The first kappa shape index (κ1) is 15.8. The van der Waals surface area contributed by atoms with Crippen LogP contribution in [0.4, 0.5) is 5.69 Å². The van der Waals surface area contributed by atoms with E-state index in [-0.39, 0.29) is 5.91 Å². The van der Waals surface area contributed by atoms with Gasteiger partial charge in [-0.1, -0.05) is 11.6 Å². The van der Waals surface area contributed by atoms with Crippen molar-refractivity contribution in [3.8, 4) is 0 Å². The van der Waals surface area contributed by atoms with Crippen LogP contribution in [0.25, 0.3) is 0 Å². The molecule has 5 heteroatoms. The largest absolute Gasteiger partial charge is 0.362 e. The highest BCUT2D eigenvalue weighted by Crippen LogP contribution is 2.24. The van der Waals surface area contributed by atoms with E-state index in [9.17, 15) is 4.79 Å². The fourth-order valence-electron chi connectivity index (χ4n) is 1.99. The summed E-state index contributed by atoms with van der Waals surface area (Å²) in [5, 5.41) is 6.65. The highest BCUT2D eigenvalue weighted by molar-refractivity contribution is 6.30. The number of hydrogen-bond acceptors (Lipinski definition) is 3. The molecule has 0 radical (unpaired) electrons. The van der Waals surface area contributed by atoms with Crippen LogP contribution in [0, 0.1) is 0 Å². The van der Waals surface area contributed by atoms with E-state index in [0.29, 0.717) is 18.1 Å². The monoisotopic (exact) mass is 283 g/mol. The minimum absolute atomic E-state index is 0.0368. The Morgan fingerprint density at radius 1 is 1.37 bits per heavy atom. The fourth-order valence-corrected chi connectivity index (χ4v) is 2.18. The maximum absolute atomic E-state index is 11.7. The van der Waals surface area contributed by atoms with Gasteiger partial charge in [0.25, 0.3) is 0 Å². The molecule has 0 aliphatic heterocycles. The van der Waals surface area contributed by atoms with Crippen LogP contribution < -0.4 is 15.5 Å². The molecule has 0 saturated heterocycles. The van der Waals surface area contributed by atoms with Crippen molar-refractivity contribution in [1.29, 1.82) is 0 Å². The first-order chi connectivity index (χ1) is 9.12. The van der Waals surface area contributed by atoms with E-state index in [0.717, 1.165) is 24.3 Å². The second kappa shape index (κ2) is 8.02. The third kappa shape index (κ3) is 4.73. The van der Waals surface area contributed by atoms with Crippen LogP contribution >= 0.6 is 11.6 Å². The van der Waals surface area contributed by atoms with Gasteiger partial charge >= 0.3 is 0 Å². The molecule has 0 saturated carbocycles. The average Bonchev–Trinajstić information content (AvgIpc) is 2.37. The molecule has 0 bridgehead atoms. The van der Waals surface area contributed by atoms with Crippen molar-refractivity contribution in [3.05, 3.63) is 28.8 Å². The van der Waals surface area contributed by atoms with Gasteiger partial charge in [0, 0.05) is 30.3 Å².